The van der Waals surface area contributed by atoms with Gasteiger partial charge in [-0.2, -0.15) is 0 Å². The molecule has 2 aromatic rings. The maximum atomic E-state index is 4.57. The molecular weight excluding hydrogens is 196 g/mol. The van der Waals surface area contributed by atoms with E-state index < -0.39 is 0 Å². The maximum absolute atomic E-state index is 4.57. The molecule has 1 aliphatic heterocycles. The topological polar surface area (TPSA) is 26.5 Å². The highest BCUT2D eigenvalue weighted by Crippen LogP contribution is 2.34. The molecule has 0 aromatic heterocycles. The fourth-order valence-corrected chi connectivity index (χ4v) is 1.84. The summed E-state index contributed by atoms with van der Waals surface area (Å²) in [7, 11) is 0. The van der Waals surface area contributed by atoms with Crippen LogP contribution in [0.4, 0.5) is 11.4 Å². The second-order valence-corrected chi connectivity index (χ2v) is 3.86. The number of benzene rings is 2. The third-order valence-electron chi connectivity index (χ3n) is 2.69. The van der Waals surface area contributed by atoms with Gasteiger partial charge in [0.2, 0.25) is 0 Å². The molecule has 0 saturated heterocycles. The Balaban J connectivity index is 2.06. The molecule has 2 nitrogen and oxygen atoms in total. The van der Waals surface area contributed by atoms with Gasteiger partial charge in [-0.1, -0.05) is 42.5 Å². The number of nitrogens with zero attached hydrogens (tertiary/aromatic N) is 2. The average molecular weight is 207 g/mol. The van der Waals surface area contributed by atoms with Crippen LogP contribution in [0.1, 0.15) is 11.1 Å². The minimum Gasteiger partial charge on any atom is -0.226 e. The van der Waals surface area contributed by atoms with E-state index in [-0.39, 0.29) is 0 Å². The quantitative estimate of drug-likeness (QED) is 0.685. The van der Waals surface area contributed by atoms with Crippen molar-refractivity contribution >= 4 is 17.2 Å². The van der Waals surface area contributed by atoms with E-state index in [1.807, 2.05) is 42.5 Å². The fraction of sp³-hybridized carbons (Fsp3) is 0.0714. The van der Waals surface area contributed by atoms with Gasteiger partial charge >= 0.3 is 0 Å². The molecule has 0 bridgehead atoms. The molecule has 77 valence electrons. The highest BCUT2D eigenvalue weighted by atomic mass is 15.1. The highest BCUT2D eigenvalue weighted by molar-refractivity contribution is 6.07. The molecule has 0 aliphatic carbocycles. The molecule has 1 aliphatic rings. The summed E-state index contributed by atoms with van der Waals surface area (Å²) in [5, 5.41) is 4.53. The van der Waals surface area contributed by atoms with E-state index in [0.717, 1.165) is 22.8 Å². The summed E-state index contributed by atoms with van der Waals surface area (Å²) >= 11 is 0. The number of aryl methyl sites for hydroxylation is 1. The van der Waals surface area contributed by atoms with Gasteiger partial charge in [-0.05, 0) is 18.6 Å². The third kappa shape index (κ3) is 1.39. The minimum absolute atomic E-state index is 0.810. The summed E-state index contributed by atoms with van der Waals surface area (Å²) in [5.74, 6) is 0.810. The molecule has 0 fully saturated rings. The van der Waals surface area contributed by atoms with Gasteiger partial charge in [0.25, 0.3) is 0 Å². The predicted octanol–water partition coefficient (Wildman–Crippen LogP) is 3.32. The molecule has 0 unspecified atom stereocenters. The standard InChI is InChI=1S/C14H11N2/c1-10-6-5-9-12-13(10)16-14(15-12)11-7-3-2-4-8-11/h2-9H,1H3. The first kappa shape index (κ1) is 9.16. The first-order chi connectivity index (χ1) is 7.84. The molecular formula is C14H11N2. The Morgan fingerprint density at radius 3 is 2.44 bits per heavy atom. The fourth-order valence-electron chi connectivity index (χ4n) is 1.84. The number of fused-ring (bicyclic) bond motifs is 1. The van der Waals surface area contributed by atoms with E-state index in [9.17, 15) is 0 Å². The monoisotopic (exact) mass is 207 g/mol. The van der Waals surface area contributed by atoms with Crippen molar-refractivity contribution in [1.82, 2.24) is 5.32 Å². The molecule has 0 N–H and O–H groups in total. The normalized spacial score (nSPS) is 12.9. The lowest BCUT2D eigenvalue weighted by Crippen LogP contribution is -2.07. The Kier molecular flexibility index (Phi) is 2.00. The van der Waals surface area contributed by atoms with Crippen molar-refractivity contribution in [3.8, 4) is 0 Å². The van der Waals surface area contributed by atoms with Crippen molar-refractivity contribution < 1.29 is 0 Å². The lowest BCUT2D eigenvalue weighted by Gasteiger charge is -1.99. The van der Waals surface area contributed by atoms with Crippen LogP contribution < -0.4 is 5.32 Å². The van der Waals surface area contributed by atoms with Crippen LogP contribution in [-0.2, 0) is 0 Å². The Hall–Kier alpha value is -2.09. The van der Waals surface area contributed by atoms with Gasteiger partial charge < -0.3 is 0 Å². The Bertz CT molecular complexity index is 556. The van der Waals surface area contributed by atoms with Crippen LogP contribution in [0.25, 0.3) is 0 Å². The van der Waals surface area contributed by atoms with Gasteiger partial charge in [0.1, 0.15) is 0 Å². The number of aliphatic imine (C=N–C) groups is 1. The summed E-state index contributed by atoms with van der Waals surface area (Å²) in [4.78, 5) is 4.57. The summed E-state index contributed by atoms with van der Waals surface area (Å²) < 4.78 is 0. The van der Waals surface area contributed by atoms with Crippen LogP contribution in [0, 0.1) is 6.92 Å². The zero-order valence-corrected chi connectivity index (χ0v) is 9.01. The largest absolute Gasteiger partial charge is 0.226 e. The summed E-state index contributed by atoms with van der Waals surface area (Å²) in [6.07, 6.45) is 0. The van der Waals surface area contributed by atoms with E-state index in [4.69, 9.17) is 0 Å². The van der Waals surface area contributed by atoms with E-state index in [1.54, 1.807) is 0 Å². The second kappa shape index (κ2) is 3.49. The number of para-hydroxylation sites is 1. The Morgan fingerprint density at radius 1 is 0.875 bits per heavy atom. The van der Waals surface area contributed by atoms with Crippen LogP contribution in [0.3, 0.4) is 0 Å². The van der Waals surface area contributed by atoms with Crippen LogP contribution in [-0.4, -0.2) is 5.84 Å². The molecule has 16 heavy (non-hydrogen) atoms. The lowest BCUT2D eigenvalue weighted by atomic mass is 10.2. The smallest absolute Gasteiger partial charge is 0.160 e. The molecule has 0 amide bonds. The van der Waals surface area contributed by atoms with Crippen LogP contribution in [0.5, 0.6) is 0 Å². The van der Waals surface area contributed by atoms with Crippen LogP contribution in [0.2, 0.25) is 0 Å². The van der Waals surface area contributed by atoms with Crippen LogP contribution >= 0.6 is 0 Å². The number of hydrogen-bond donors (Lipinski definition) is 0. The zero-order valence-electron chi connectivity index (χ0n) is 9.01. The van der Waals surface area contributed by atoms with Crippen molar-refractivity contribution in [2.24, 2.45) is 4.99 Å². The van der Waals surface area contributed by atoms with E-state index >= 15 is 0 Å². The van der Waals surface area contributed by atoms with Crippen molar-refractivity contribution in [1.29, 1.82) is 0 Å². The van der Waals surface area contributed by atoms with Gasteiger partial charge in [-0.15, -0.1) is 0 Å². The summed E-state index contributed by atoms with van der Waals surface area (Å²) in [6.45, 7) is 2.06. The van der Waals surface area contributed by atoms with Gasteiger partial charge in [-0.25, -0.2) is 10.3 Å². The van der Waals surface area contributed by atoms with Crippen molar-refractivity contribution in [2.75, 3.05) is 0 Å². The Labute approximate surface area is 94.7 Å². The van der Waals surface area contributed by atoms with Gasteiger partial charge in [0.05, 0.1) is 11.4 Å². The maximum Gasteiger partial charge on any atom is 0.160 e. The molecule has 0 saturated carbocycles. The minimum atomic E-state index is 0.810. The van der Waals surface area contributed by atoms with Gasteiger partial charge in [-0.3, -0.25) is 0 Å². The van der Waals surface area contributed by atoms with E-state index in [1.165, 1.54) is 5.56 Å². The lowest BCUT2D eigenvalue weighted by molar-refractivity contribution is 1.30. The van der Waals surface area contributed by atoms with Crippen molar-refractivity contribution in [3.63, 3.8) is 0 Å². The highest BCUT2D eigenvalue weighted by Gasteiger charge is 2.17. The Morgan fingerprint density at radius 2 is 1.69 bits per heavy atom. The van der Waals surface area contributed by atoms with Crippen LogP contribution in [0.15, 0.2) is 53.5 Å². The van der Waals surface area contributed by atoms with E-state index in [0.29, 0.717) is 0 Å². The van der Waals surface area contributed by atoms with Gasteiger partial charge in [0.15, 0.2) is 5.84 Å². The number of hydrogen-bond acceptors (Lipinski definition) is 1. The zero-order chi connectivity index (χ0) is 11.0. The summed E-state index contributed by atoms with van der Waals surface area (Å²) in [6, 6.07) is 16.1. The summed E-state index contributed by atoms with van der Waals surface area (Å²) in [5.41, 5.74) is 4.21. The molecule has 2 heteroatoms. The SMILES string of the molecule is Cc1cccc2c1N=C(c1ccccc1)[N]2. The first-order valence-electron chi connectivity index (χ1n) is 5.30. The molecule has 2 aromatic carbocycles. The van der Waals surface area contributed by atoms with E-state index in [2.05, 4.69) is 23.3 Å². The molecule has 3 rings (SSSR count). The molecule has 1 heterocycles. The molecule has 0 atom stereocenters. The number of amidine groups is 1. The van der Waals surface area contributed by atoms with Crippen molar-refractivity contribution in [3.05, 3.63) is 59.7 Å². The first-order valence-corrected chi connectivity index (χ1v) is 5.30. The predicted molar refractivity (Wildman–Crippen MR) is 65.6 cm³/mol. The van der Waals surface area contributed by atoms with Crippen molar-refractivity contribution in [2.45, 2.75) is 6.92 Å². The van der Waals surface area contributed by atoms with Gasteiger partial charge in [0, 0.05) is 5.56 Å². The third-order valence-corrected chi connectivity index (χ3v) is 2.69. The second-order valence-electron chi connectivity index (χ2n) is 3.86. The molecule has 0 spiro atoms. The molecule has 1 radical (unpaired) electrons. The number of rotatable bonds is 1. The average Bonchev–Trinajstić information content (AvgIpc) is 2.76.